The molecule has 1 aliphatic heterocycles. The minimum absolute atomic E-state index is 0.314. The SMILES string of the molecule is N#Cc1ccc(CNCCC2CCOC2)c(F)c1. The predicted octanol–water partition coefficient (Wildman–Crippen LogP) is 2.21. The molecule has 0 bridgehead atoms. The lowest BCUT2D eigenvalue weighted by Gasteiger charge is -2.09. The Morgan fingerprint density at radius 1 is 1.50 bits per heavy atom. The van der Waals surface area contributed by atoms with Gasteiger partial charge in [0.1, 0.15) is 5.82 Å². The van der Waals surface area contributed by atoms with E-state index in [1.165, 1.54) is 6.07 Å². The van der Waals surface area contributed by atoms with Gasteiger partial charge in [0.2, 0.25) is 0 Å². The quantitative estimate of drug-likeness (QED) is 0.813. The summed E-state index contributed by atoms with van der Waals surface area (Å²) in [6.07, 6.45) is 2.20. The molecule has 1 aromatic carbocycles. The Labute approximate surface area is 107 Å². The Morgan fingerprint density at radius 2 is 2.39 bits per heavy atom. The summed E-state index contributed by atoms with van der Waals surface area (Å²) < 4.78 is 18.9. The standard InChI is InChI=1S/C14H17FN2O/c15-14-7-12(8-16)1-2-13(14)9-17-5-3-11-4-6-18-10-11/h1-2,7,11,17H,3-6,9-10H2. The highest BCUT2D eigenvalue weighted by Gasteiger charge is 2.14. The minimum atomic E-state index is -0.314. The second kappa shape index (κ2) is 6.48. The van der Waals surface area contributed by atoms with Crippen LogP contribution in [-0.2, 0) is 11.3 Å². The molecule has 3 nitrogen and oxygen atoms in total. The predicted molar refractivity (Wildman–Crippen MR) is 66.4 cm³/mol. The van der Waals surface area contributed by atoms with Crippen LogP contribution in [0.25, 0.3) is 0 Å². The van der Waals surface area contributed by atoms with E-state index in [1.54, 1.807) is 12.1 Å². The third-order valence-electron chi connectivity index (χ3n) is 3.25. The van der Waals surface area contributed by atoms with Gasteiger partial charge in [0.05, 0.1) is 11.6 Å². The molecule has 1 unspecified atom stereocenters. The van der Waals surface area contributed by atoms with Crippen molar-refractivity contribution in [3.8, 4) is 6.07 Å². The Balaban J connectivity index is 1.74. The van der Waals surface area contributed by atoms with E-state index in [0.717, 1.165) is 32.6 Å². The number of nitrogens with zero attached hydrogens (tertiary/aromatic N) is 1. The number of halogens is 1. The summed E-state index contributed by atoms with van der Waals surface area (Å²) in [5, 5.41) is 11.9. The summed E-state index contributed by atoms with van der Waals surface area (Å²) >= 11 is 0. The summed E-state index contributed by atoms with van der Waals surface area (Å²) in [4.78, 5) is 0. The molecule has 0 radical (unpaired) electrons. The van der Waals surface area contributed by atoms with Crippen molar-refractivity contribution in [2.45, 2.75) is 19.4 Å². The van der Waals surface area contributed by atoms with Crippen molar-refractivity contribution in [2.75, 3.05) is 19.8 Å². The van der Waals surface area contributed by atoms with Crippen molar-refractivity contribution in [3.63, 3.8) is 0 Å². The van der Waals surface area contributed by atoms with E-state index in [1.807, 2.05) is 6.07 Å². The summed E-state index contributed by atoms with van der Waals surface area (Å²) in [7, 11) is 0. The number of hydrogen-bond acceptors (Lipinski definition) is 3. The molecule has 0 aliphatic carbocycles. The Bertz CT molecular complexity index is 436. The molecule has 1 aromatic rings. The van der Waals surface area contributed by atoms with E-state index in [2.05, 4.69) is 5.32 Å². The molecule has 0 saturated carbocycles. The van der Waals surface area contributed by atoms with Gasteiger partial charge in [-0.3, -0.25) is 0 Å². The summed E-state index contributed by atoms with van der Waals surface area (Å²) in [5.74, 6) is 0.328. The molecular formula is C14H17FN2O. The molecule has 1 heterocycles. The smallest absolute Gasteiger partial charge is 0.129 e. The number of hydrogen-bond donors (Lipinski definition) is 1. The van der Waals surface area contributed by atoms with Crippen molar-refractivity contribution in [2.24, 2.45) is 5.92 Å². The van der Waals surface area contributed by atoms with Crippen molar-refractivity contribution < 1.29 is 9.13 Å². The minimum Gasteiger partial charge on any atom is -0.381 e. The number of nitriles is 1. The highest BCUT2D eigenvalue weighted by atomic mass is 19.1. The van der Waals surface area contributed by atoms with E-state index in [0.29, 0.717) is 23.6 Å². The third kappa shape index (κ3) is 3.52. The van der Waals surface area contributed by atoms with E-state index in [-0.39, 0.29) is 5.82 Å². The zero-order chi connectivity index (χ0) is 12.8. The molecule has 1 atom stereocenters. The molecule has 1 aliphatic rings. The van der Waals surface area contributed by atoms with Gasteiger partial charge in [0, 0.05) is 25.3 Å². The van der Waals surface area contributed by atoms with Gasteiger partial charge in [-0.25, -0.2) is 4.39 Å². The Hall–Kier alpha value is -1.44. The van der Waals surface area contributed by atoms with Gasteiger partial charge < -0.3 is 10.1 Å². The average molecular weight is 248 g/mol. The van der Waals surface area contributed by atoms with Crippen molar-refractivity contribution >= 4 is 0 Å². The van der Waals surface area contributed by atoms with Gasteiger partial charge in [-0.05, 0) is 37.4 Å². The normalized spacial score (nSPS) is 18.8. The van der Waals surface area contributed by atoms with E-state index in [9.17, 15) is 4.39 Å². The van der Waals surface area contributed by atoms with E-state index >= 15 is 0 Å². The number of benzene rings is 1. The van der Waals surface area contributed by atoms with Crippen molar-refractivity contribution in [3.05, 3.63) is 35.1 Å². The van der Waals surface area contributed by atoms with Gasteiger partial charge in [-0.15, -0.1) is 0 Å². The van der Waals surface area contributed by atoms with Crippen LogP contribution in [0.5, 0.6) is 0 Å². The average Bonchev–Trinajstić information content (AvgIpc) is 2.89. The summed E-state index contributed by atoms with van der Waals surface area (Å²) in [6.45, 7) is 3.10. The van der Waals surface area contributed by atoms with Crippen LogP contribution in [0, 0.1) is 23.1 Å². The van der Waals surface area contributed by atoms with Gasteiger partial charge >= 0.3 is 0 Å². The maximum atomic E-state index is 13.6. The molecule has 96 valence electrons. The van der Waals surface area contributed by atoms with Crippen LogP contribution >= 0.6 is 0 Å². The second-order valence-electron chi connectivity index (χ2n) is 4.61. The van der Waals surface area contributed by atoms with Crippen LogP contribution in [0.1, 0.15) is 24.0 Å². The molecule has 1 N–H and O–H groups in total. The fraction of sp³-hybridized carbons (Fsp3) is 0.500. The van der Waals surface area contributed by atoms with Gasteiger partial charge in [-0.2, -0.15) is 5.26 Å². The van der Waals surface area contributed by atoms with Gasteiger partial charge in [0.15, 0.2) is 0 Å². The first-order valence-corrected chi connectivity index (χ1v) is 6.26. The van der Waals surface area contributed by atoms with Gasteiger partial charge in [-0.1, -0.05) is 6.07 Å². The highest BCUT2D eigenvalue weighted by molar-refractivity contribution is 5.32. The van der Waals surface area contributed by atoms with Crippen LogP contribution in [0.4, 0.5) is 4.39 Å². The summed E-state index contributed by atoms with van der Waals surface area (Å²) in [6, 6.07) is 6.51. The van der Waals surface area contributed by atoms with Crippen molar-refractivity contribution in [1.29, 1.82) is 5.26 Å². The molecule has 4 heteroatoms. The molecule has 0 aromatic heterocycles. The first kappa shape index (κ1) is 13.0. The van der Waals surface area contributed by atoms with Gasteiger partial charge in [0.25, 0.3) is 0 Å². The maximum Gasteiger partial charge on any atom is 0.129 e. The third-order valence-corrected chi connectivity index (χ3v) is 3.25. The van der Waals surface area contributed by atoms with Crippen LogP contribution in [0.3, 0.4) is 0 Å². The van der Waals surface area contributed by atoms with E-state index in [4.69, 9.17) is 10.00 Å². The zero-order valence-electron chi connectivity index (χ0n) is 10.3. The van der Waals surface area contributed by atoms with Crippen molar-refractivity contribution in [1.82, 2.24) is 5.32 Å². The number of rotatable bonds is 5. The fourth-order valence-electron chi connectivity index (χ4n) is 2.10. The first-order chi connectivity index (χ1) is 8.79. The topological polar surface area (TPSA) is 45.0 Å². The number of nitrogens with one attached hydrogen (secondary N) is 1. The molecular weight excluding hydrogens is 231 g/mol. The lowest BCUT2D eigenvalue weighted by molar-refractivity contribution is 0.184. The lowest BCUT2D eigenvalue weighted by Crippen LogP contribution is -2.18. The first-order valence-electron chi connectivity index (χ1n) is 6.26. The van der Waals surface area contributed by atoms with Crippen LogP contribution in [0.2, 0.25) is 0 Å². The van der Waals surface area contributed by atoms with Crippen LogP contribution in [-0.4, -0.2) is 19.8 Å². The Kier molecular flexibility index (Phi) is 4.68. The second-order valence-corrected chi connectivity index (χ2v) is 4.61. The molecule has 2 rings (SSSR count). The number of ether oxygens (including phenoxy) is 1. The molecule has 18 heavy (non-hydrogen) atoms. The summed E-state index contributed by atoms with van der Waals surface area (Å²) in [5.41, 5.74) is 0.969. The lowest BCUT2D eigenvalue weighted by atomic mass is 10.1. The molecule has 0 amide bonds. The van der Waals surface area contributed by atoms with E-state index < -0.39 is 0 Å². The Morgan fingerprint density at radius 3 is 3.06 bits per heavy atom. The highest BCUT2D eigenvalue weighted by Crippen LogP contribution is 2.15. The fourth-order valence-corrected chi connectivity index (χ4v) is 2.10. The monoisotopic (exact) mass is 248 g/mol. The molecule has 1 saturated heterocycles. The largest absolute Gasteiger partial charge is 0.381 e. The maximum absolute atomic E-state index is 13.6. The molecule has 0 spiro atoms. The van der Waals surface area contributed by atoms with Crippen LogP contribution in [0.15, 0.2) is 18.2 Å². The molecule has 1 fully saturated rings. The zero-order valence-corrected chi connectivity index (χ0v) is 10.3. The van der Waals surface area contributed by atoms with Crippen LogP contribution < -0.4 is 5.32 Å².